The highest BCUT2D eigenvalue weighted by molar-refractivity contribution is 7.13. The number of hydrogen-bond acceptors (Lipinski definition) is 3. The van der Waals surface area contributed by atoms with Crippen molar-refractivity contribution in [3.8, 4) is 0 Å². The molecule has 3 heteroatoms. The summed E-state index contributed by atoms with van der Waals surface area (Å²) >= 11 is 1.58. The fourth-order valence-corrected chi connectivity index (χ4v) is 1.43. The summed E-state index contributed by atoms with van der Waals surface area (Å²) in [6, 6.07) is 10.7. The number of rotatable bonds is 2. The molecule has 1 aromatic carbocycles. The Balaban J connectivity index is 2.15. The molecule has 2 rings (SSSR count). The van der Waals surface area contributed by atoms with Crippen molar-refractivity contribution in [1.82, 2.24) is 4.98 Å². The number of nitrogens with zero attached hydrogens (tertiary/aromatic N) is 1. The lowest BCUT2D eigenvalue weighted by Crippen LogP contribution is -1.87. The Hall–Kier alpha value is -1.35. The maximum absolute atomic E-state index is 4.11. The number of thiazole rings is 1. The third-order valence-electron chi connectivity index (χ3n) is 1.39. The minimum atomic E-state index is 0.912. The average Bonchev–Trinajstić information content (AvgIpc) is 2.59. The van der Waals surface area contributed by atoms with Crippen LogP contribution in [0.1, 0.15) is 0 Å². The van der Waals surface area contributed by atoms with Crippen molar-refractivity contribution in [2.75, 3.05) is 5.32 Å². The van der Waals surface area contributed by atoms with Crippen LogP contribution in [0.4, 0.5) is 10.8 Å². The highest BCUT2D eigenvalue weighted by Gasteiger charge is 1.93. The second-order valence-corrected chi connectivity index (χ2v) is 3.15. The van der Waals surface area contributed by atoms with Crippen molar-refractivity contribution in [3.63, 3.8) is 0 Å². The lowest BCUT2D eigenvalue weighted by Gasteiger charge is -1.99. The Morgan fingerprint density at radius 3 is 3.17 bits per heavy atom. The summed E-state index contributed by atoms with van der Waals surface area (Å²) in [7, 11) is 0. The summed E-state index contributed by atoms with van der Waals surface area (Å²) in [6.45, 7) is 0. The molecule has 1 heterocycles. The molecule has 0 bridgehead atoms. The summed E-state index contributed by atoms with van der Waals surface area (Å²) in [6.07, 6.45) is 1.78. The Labute approximate surface area is 74.9 Å². The molecule has 1 N–H and O–H groups in total. The van der Waals surface area contributed by atoms with Gasteiger partial charge in [-0.1, -0.05) is 12.1 Å². The van der Waals surface area contributed by atoms with E-state index in [-0.39, 0.29) is 0 Å². The van der Waals surface area contributed by atoms with Gasteiger partial charge < -0.3 is 5.32 Å². The smallest absolute Gasteiger partial charge is 0.187 e. The van der Waals surface area contributed by atoms with Crippen LogP contribution in [0, 0.1) is 6.07 Å². The highest BCUT2D eigenvalue weighted by Crippen LogP contribution is 2.17. The third kappa shape index (κ3) is 1.62. The van der Waals surface area contributed by atoms with Crippen LogP contribution in [-0.2, 0) is 0 Å². The van der Waals surface area contributed by atoms with E-state index in [9.17, 15) is 0 Å². The van der Waals surface area contributed by atoms with Crippen molar-refractivity contribution in [2.45, 2.75) is 0 Å². The van der Waals surface area contributed by atoms with Crippen LogP contribution in [-0.4, -0.2) is 4.98 Å². The zero-order valence-corrected chi connectivity index (χ0v) is 7.14. The van der Waals surface area contributed by atoms with E-state index in [0.717, 1.165) is 10.8 Å². The number of aromatic nitrogens is 1. The molecule has 59 valence electrons. The van der Waals surface area contributed by atoms with Gasteiger partial charge in [0.25, 0.3) is 0 Å². The van der Waals surface area contributed by atoms with Gasteiger partial charge in [0.2, 0.25) is 0 Å². The van der Waals surface area contributed by atoms with Gasteiger partial charge in [-0.05, 0) is 18.2 Å². The lowest BCUT2D eigenvalue weighted by atomic mass is 10.3. The topological polar surface area (TPSA) is 24.9 Å². The van der Waals surface area contributed by atoms with Crippen molar-refractivity contribution in [3.05, 3.63) is 41.9 Å². The molecule has 0 atom stereocenters. The van der Waals surface area contributed by atoms with Crippen LogP contribution < -0.4 is 5.32 Å². The monoisotopic (exact) mass is 175 g/mol. The molecule has 0 spiro atoms. The van der Waals surface area contributed by atoms with Crippen LogP contribution in [0.5, 0.6) is 0 Å². The Morgan fingerprint density at radius 2 is 2.50 bits per heavy atom. The number of nitrogens with one attached hydrogen (secondary N) is 1. The van der Waals surface area contributed by atoms with Crippen molar-refractivity contribution in [1.29, 1.82) is 0 Å². The Kier molecular flexibility index (Phi) is 2.05. The van der Waals surface area contributed by atoms with E-state index in [4.69, 9.17) is 0 Å². The fraction of sp³-hybridized carbons (Fsp3) is 0. The van der Waals surface area contributed by atoms with Crippen molar-refractivity contribution in [2.24, 2.45) is 0 Å². The fourth-order valence-electron chi connectivity index (χ4n) is 0.880. The maximum atomic E-state index is 4.11. The van der Waals surface area contributed by atoms with Crippen LogP contribution in [0.15, 0.2) is 35.8 Å². The minimum absolute atomic E-state index is 0.912. The highest BCUT2D eigenvalue weighted by atomic mass is 32.1. The largest absolute Gasteiger partial charge is 0.332 e. The van der Waals surface area contributed by atoms with E-state index < -0.39 is 0 Å². The maximum Gasteiger partial charge on any atom is 0.187 e. The molecular formula is C9H7N2S. The normalized spacial score (nSPS) is 9.67. The van der Waals surface area contributed by atoms with E-state index in [1.807, 2.05) is 29.6 Å². The minimum Gasteiger partial charge on any atom is -0.332 e. The molecule has 2 nitrogen and oxygen atoms in total. The molecule has 0 amide bonds. The van der Waals surface area contributed by atoms with E-state index in [0.29, 0.717) is 0 Å². The van der Waals surface area contributed by atoms with E-state index in [2.05, 4.69) is 16.4 Å². The van der Waals surface area contributed by atoms with E-state index >= 15 is 0 Å². The average molecular weight is 175 g/mol. The summed E-state index contributed by atoms with van der Waals surface area (Å²) in [5.41, 5.74) is 1.02. The predicted octanol–water partition coefficient (Wildman–Crippen LogP) is 2.69. The van der Waals surface area contributed by atoms with Gasteiger partial charge in [-0.25, -0.2) is 4.98 Å². The first kappa shape index (κ1) is 7.31. The van der Waals surface area contributed by atoms with E-state index in [1.165, 1.54) is 0 Å². The van der Waals surface area contributed by atoms with Gasteiger partial charge in [0.05, 0.1) is 0 Å². The molecule has 0 unspecified atom stereocenters. The second-order valence-electron chi connectivity index (χ2n) is 2.25. The van der Waals surface area contributed by atoms with Crippen LogP contribution >= 0.6 is 11.3 Å². The molecule has 12 heavy (non-hydrogen) atoms. The van der Waals surface area contributed by atoms with Crippen LogP contribution in [0.2, 0.25) is 0 Å². The van der Waals surface area contributed by atoms with Crippen LogP contribution in [0.3, 0.4) is 0 Å². The van der Waals surface area contributed by atoms with Gasteiger partial charge >= 0.3 is 0 Å². The first-order valence-corrected chi connectivity index (χ1v) is 4.46. The summed E-state index contributed by atoms with van der Waals surface area (Å²) in [5, 5.41) is 6.01. The number of hydrogen-bond donors (Lipinski definition) is 1. The number of benzene rings is 1. The molecular weight excluding hydrogens is 168 g/mol. The van der Waals surface area contributed by atoms with Gasteiger partial charge in [-0.3, -0.25) is 0 Å². The summed E-state index contributed by atoms with van der Waals surface area (Å²) in [4.78, 5) is 4.11. The summed E-state index contributed by atoms with van der Waals surface area (Å²) in [5.74, 6) is 0. The molecule has 1 radical (unpaired) electrons. The van der Waals surface area contributed by atoms with Gasteiger partial charge in [-0.2, -0.15) is 0 Å². The quantitative estimate of drug-likeness (QED) is 0.759. The SMILES string of the molecule is [c]1cccc(Nc2nccs2)c1. The number of anilines is 2. The molecule has 0 aliphatic rings. The van der Waals surface area contributed by atoms with Gasteiger partial charge in [0.15, 0.2) is 5.13 Å². The van der Waals surface area contributed by atoms with Gasteiger partial charge in [0, 0.05) is 17.3 Å². The predicted molar refractivity (Wildman–Crippen MR) is 50.7 cm³/mol. The van der Waals surface area contributed by atoms with Gasteiger partial charge in [-0.15, -0.1) is 11.3 Å². The molecule has 0 fully saturated rings. The molecule has 0 saturated carbocycles. The first-order chi connectivity index (χ1) is 5.95. The van der Waals surface area contributed by atoms with Crippen molar-refractivity contribution >= 4 is 22.2 Å². The first-order valence-electron chi connectivity index (χ1n) is 3.58. The standard InChI is InChI=1S/C9H7N2S/c1-2-4-8(5-3-1)11-9-10-6-7-12-9/h1-2,4-7H,(H,10,11). The molecule has 0 aliphatic heterocycles. The molecule has 2 aromatic rings. The molecule has 0 saturated heterocycles. The Bertz CT molecular complexity index is 329. The Morgan fingerprint density at radius 1 is 1.50 bits per heavy atom. The van der Waals surface area contributed by atoms with Crippen LogP contribution in [0.25, 0.3) is 0 Å². The third-order valence-corrected chi connectivity index (χ3v) is 2.08. The second kappa shape index (κ2) is 3.36. The zero-order chi connectivity index (χ0) is 8.23. The van der Waals surface area contributed by atoms with Gasteiger partial charge in [0.1, 0.15) is 0 Å². The molecule has 1 aromatic heterocycles. The zero-order valence-electron chi connectivity index (χ0n) is 6.32. The lowest BCUT2D eigenvalue weighted by molar-refractivity contribution is 1.39. The summed E-state index contributed by atoms with van der Waals surface area (Å²) < 4.78 is 0. The van der Waals surface area contributed by atoms with Crippen molar-refractivity contribution < 1.29 is 0 Å². The molecule has 0 aliphatic carbocycles. The van der Waals surface area contributed by atoms with E-state index in [1.54, 1.807) is 17.5 Å².